The molecule has 5 heteroatoms. The van der Waals surface area contributed by atoms with Crippen LogP contribution in [0.4, 0.5) is 0 Å². The van der Waals surface area contributed by atoms with Crippen LogP contribution in [-0.2, 0) is 0 Å². The van der Waals surface area contributed by atoms with E-state index in [0.29, 0.717) is 17.5 Å². The van der Waals surface area contributed by atoms with Gasteiger partial charge in [-0.15, -0.1) is 10.2 Å². The van der Waals surface area contributed by atoms with Crippen LogP contribution in [0.2, 0.25) is 0 Å². The van der Waals surface area contributed by atoms with Crippen LogP contribution in [-0.4, -0.2) is 29.3 Å². The lowest BCUT2D eigenvalue weighted by molar-refractivity contribution is 0.0904. The Morgan fingerprint density at radius 1 is 1.33 bits per heavy atom. The molecule has 1 fully saturated rings. The minimum absolute atomic E-state index is 0.149. The van der Waals surface area contributed by atoms with Crippen molar-refractivity contribution in [2.24, 2.45) is 5.92 Å². The fourth-order valence-electron chi connectivity index (χ4n) is 2.32. The Kier molecular flexibility index (Phi) is 4.12. The van der Waals surface area contributed by atoms with Gasteiger partial charge in [0.1, 0.15) is 0 Å². The number of carbonyl (C=O) groups is 1. The van der Waals surface area contributed by atoms with E-state index < -0.39 is 0 Å². The summed E-state index contributed by atoms with van der Waals surface area (Å²) in [6.45, 7) is 2.18. The average Bonchev–Trinajstić information content (AvgIpc) is 2.41. The summed E-state index contributed by atoms with van der Waals surface area (Å²) in [5.41, 5.74) is 0.341. The van der Waals surface area contributed by atoms with Gasteiger partial charge in [0.15, 0.2) is 5.69 Å². The number of rotatable bonds is 3. The Labute approximate surface area is 107 Å². The molecular formula is C13H19N3O2. The molecule has 0 spiro atoms. The third-order valence-electron chi connectivity index (χ3n) is 3.51. The van der Waals surface area contributed by atoms with Crippen molar-refractivity contribution in [3.8, 4) is 5.88 Å². The molecule has 0 aliphatic heterocycles. The first-order chi connectivity index (χ1) is 8.70. The lowest BCUT2D eigenvalue weighted by Gasteiger charge is -2.29. The van der Waals surface area contributed by atoms with E-state index in [4.69, 9.17) is 4.74 Å². The number of carbonyl (C=O) groups excluding carboxylic acids is 1. The smallest absolute Gasteiger partial charge is 0.272 e. The Bertz CT molecular complexity index is 405. The highest BCUT2D eigenvalue weighted by atomic mass is 16.5. The summed E-state index contributed by atoms with van der Waals surface area (Å²) < 4.78 is 4.91. The molecule has 5 nitrogen and oxygen atoms in total. The normalized spacial score (nSPS) is 23.4. The molecule has 2 rings (SSSR count). The highest BCUT2D eigenvalue weighted by molar-refractivity contribution is 5.92. The molecule has 2 atom stereocenters. The third kappa shape index (κ3) is 2.97. The fraction of sp³-hybridized carbons (Fsp3) is 0.615. The minimum atomic E-state index is -0.149. The summed E-state index contributed by atoms with van der Waals surface area (Å²) in [5.74, 6) is 0.801. The SMILES string of the molecule is COc1ccc(C(=O)NC2CCCCC2C)nn1. The van der Waals surface area contributed by atoms with Gasteiger partial charge in [0.25, 0.3) is 5.91 Å². The largest absolute Gasteiger partial charge is 0.480 e. The maximum Gasteiger partial charge on any atom is 0.272 e. The number of hydrogen-bond acceptors (Lipinski definition) is 4. The molecule has 1 aromatic rings. The molecule has 0 aromatic carbocycles. The molecule has 0 radical (unpaired) electrons. The number of nitrogens with zero attached hydrogens (tertiary/aromatic N) is 2. The summed E-state index contributed by atoms with van der Waals surface area (Å²) in [7, 11) is 1.52. The minimum Gasteiger partial charge on any atom is -0.480 e. The summed E-state index contributed by atoms with van der Waals surface area (Å²) >= 11 is 0. The van der Waals surface area contributed by atoms with Gasteiger partial charge in [0.05, 0.1) is 7.11 Å². The number of nitrogens with one attached hydrogen (secondary N) is 1. The number of methoxy groups -OCH3 is 1. The van der Waals surface area contributed by atoms with E-state index in [-0.39, 0.29) is 11.9 Å². The second-order valence-corrected chi connectivity index (χ2v) is 4.80. The van der Waals surface area contributed by atoms with Gasteiger partial charge in [-0.05, 0) is 24.8 Å². The van der Waals surface area contributed by atoms with Gasteiger partial charge < -0.3 is 10.1 Å². The van der Waals surface area contributed by atoms with E-state index in [1.165, 1.54) is 26.4 Å². The molecular weight excluding hydrogens is 230 g/mol. The van der Waals surface area contributed by atoms with Crippen molar-refractivity contribution in [2.45, 2.75) is 38.6 Å². The number of aromatic nitrogens is 2. The standard InChI is InChI=1S/C13H19N3O2/c1-9-5-3-4-6-10(9)14-13(17)11-7-8-12(18-2)16-15-11/h7-10H,3-6H2,1-2H3,(H,14,17). The molecule has 0 saturated heterocycles. The molecule has 1 aliphatic carbocycles. The van der Waals surface area contributed by atoms with E-state index in [2.05, 4.69) is 22.4 Å². The lowest BCUT2D eigenvalue weighted by Crippen LogP contribution is -2.41. The van der Waals surface area contributed by atoms with Crippen LogP contribution in [0.3, 0.4) is 0 Å². The van der Waals surface area contributed by atoms with E-state index in [1.807, 2.05) is 0 Å². The van der Waals surface area contributed by atoms with Gasteiger partial charge in [-0.2, -0.15) is 0 Å². The van der Waals surface area contributed by atoms with Gasteiger partial charge in [-0.25, -0.2) is 0 Å². The van der Waals surface area contributed by atoms with Gasteiger partial charge in [0, 0.05) is 12.1 Å². The van der Waals surface area contributed by atoms with E-state index >= 15 is 0 Å². The highest BCUT2D eigenvalue weighted by Crippen LogP contribution is 2.23. The summed E-state index contributed by atoms with van der Waals surface area (Å²) in [5, 5.41) is 10.7. The first-order valence-electron chi connectivity index (χ1n) is 6.39. The van der Waals surface area contributed by atoms with Crippen LogP contribution in [0.25, 0.3) is 0 Å². The van der Waals surface area contributed by atoms with Crippen molar-refractivity contribution >= 4 is 5.91 Å². The van der Waals surface area contributed by atoms with Gasteiger partial charge in [-0.3, -0.25) is 4.79 Å². The molecule has 18 heavy (non-hydrogen) atoms. The van der Waals surface area contributed by atoms with Crippen molar-refractivity contribution in [1.82, 2.24) is 15.5 Å². The highest BCUT2D eigenvalue weighted by Gasteiger charge is 2.23. The topological polar surface area (TPSA) is 64.1 Å². The monoisotopic (exact) mass is 249 g/mol. The fourth-order valence-corrected chi connectivity index (χ4v) is 2.32. The average molecular weight is 249 g/mol. The first kappa shape index (κ1) is 12.8. The lowest BCUT2D eigenvalue weighted by atomic mass is 9.86. The molecule has 1 heterocycles. The third-order valence-corrected chi connectivity index (χ3v) is 3.51. The second kappa shape index (κ2) is 5.80. The molecule has 1 aliphatic rings. The molecule has 2 unspecified atom stereocenters. The molecule has 0 bridgehead atoms. The Morgan fingerprint density at radius 2 is 2.11 bits per heavy atom. The quantitative estimate of drug-likeness (QED) is 0.887. The zero-order chi connectivity index (χ0) is 13.0. The van der Waals surface area contributed by atoms with Crippen LogP contribution in [0.5, 0.6) is 5.88 Å². The van der Waals surface area contributed by atoms with Crippen molar-refractivity contribution < 1.29 is 9.53 Å². The number of ether oxygens (including phenoxy) is 1. The second-order valence-electron chi connectivity index (χ2n) is 4.80. The maximum atomic E-state index is 12.0. The molecule has 1 aromatic heterocycles. The van der Waals surface area contributed by atoms with Crippen LogP contribution in [0.1, 0.15) is 43.1 Å². The van der Waals surface area contributed by atoms with E-state index in [9.17, 15) is 4.79 Å². The predicted molar refractivity (Wildman–Crippen MR) is 67.5 cm³/mol. The molecule has 1 N–H and O–H groups in total. The van der Waals surface area contributed by atoms with Crippen LogP contribution in [0.15, 0.2) is 12.1 Å². The molecule has 1 saturated carbocycles. The van der Waals surface area contributed by atoms with Crippen molar-refractivity contribution in [1.29, 1.82) is 0 Å². The summed E-state index contributed by atoms with van der Waals surface area (Å²) in [6.07, 6.45) is 4.68. The summed E-state index contributed by atoms with van der Waals surface area (Å²) in [4.78, 5) is 12.0. The Morgan fingerprint density at radius 3 is 2.72 bits per heavy atom. The Hall–Kier alpha value is -1.65. The zero-order valence-electron chi connectivity index (χ0n) is 10.8. The Balaban J connectivity index is 1.97. The molecule has 1 amide bonds. The maximum absolute atomic E-state index is 12.0. The van der Waals surface area contributed by atoms with Gasteiger partial charge >= 0.3 is 0 Å². The van der Waals surface area contributed by atoms with E-state index in [0.717, 1.165) is 6.42 Å². The predicted octanol–water partition coefficient (Wildman–Crippen LogP) is 1.79. The van der Waals surface area contributed by atoms with Crippen molar-refractivity contribution in [3.63, 3.8) is 0 Å². The van der Waals surface area contributed by atoms with Gasteiger partial charge in [-0.1, -0.05) is 19.8 Å². The van der Waals surface area contributed by atoms with Crippen molar-refractivity contribution in [2.75, 3.05) is 7.11 Å². The van der Waals surface area contributed by atoms with E-state index in [1.54, 1.807) is 12.1 Å². The van der Waals surface area contributed by atoms with Crippen molar-refractivity contribution in [3.05, 3.63) is 17.8 Å². The van der Waals surface area contributed by atoms with Gasteiger partial charge in [0.2, 0.25) is 5.88 Å². The van der Waals surface area contributed by atoms with Crippen LogP contribution >= 0.6 is 0 Å². The molecule has 98 valence electrons. The van der Waals surface area contributed by atoms with Crippen LogP contribution in [0, 0.1) is 5.92 Å². The number of hydrogen-bond donors (Lipinski definition) is 1. The zero-order valence-corrected chi connectivity index (χ0v) is 10.8. The number of amides is 1. The first-order valence-corrected chi connectivity index (χ1v) is 6.39. The van der Waals surface area contributed by atoms with Crippen LogP contribution < -0.4 is 10.1 Å². The summed E-state index contributed by atoms with van der Waals surface area (Å²) in [6, 6.07) is 3.54.